The summed E-state index contributed by atoms with van der Waals surface area (Å²) in [4.78, 5) is 19.6. The van der Waals surface area contributed by atoms with Crippen LogP contribution in [0, 0.1) is 0 Å². The van der Waals surface area contributed by atoms with Gasteiger partial charge < -0.3 is 5.73 Å². The first-order valence-electron chi connectivity index (χ1n) is 5.63. The van der Waals surface area contributed by atoms with E-state index in [9.17, 15) is 4.79 Å². The summed E-state index contributed by atoms with van der Waals surface area (Å²) < 4.78 is 0. The van der Waals surface area contributed by atoms with Crippen molar-refractivity contribution in [2.75, 3.05) is 5.32 Å². The molecule has 1 heterocycles. The molecule has 0 unspecified atom stereocenters. The molecule has 0 fully saturated rings. The summed E-state index contributed by atoms with van der Waals surface area (Å²) in [6.07, 6.45) is 3.61. The zero-order valence-electron chi connectivity index (χ0n) is 9.78. The van der Waals surface area contributed by atoms with E-state index in [1.807, 2.05) is 30.3 Å². The number of amides is 1. The SMILES string of the molecule is N[C@@H](Cc1ccccc1)C(=O)Nc1ncccn1. The highest BCUT2D eigenvalue weighted by Gasteiger charge is 2.14. The fourth-order valence-corrected chi connectivity index (χ4v) is 1.53. The number of carbonyl (C=O) groups is 1. The van der Waals surface area contributed by atoms with Gasteiger partial charge in [0.05, 0.1) is 6.04 Å². The first-order valence-corrected chi connectivity index (χ1v) is 5.63. The van der Waals surface area contributed by atoms with Crippen LogP contribution in [-0.2, 0) is 11.2 Å². The molecule has 0 aliphatic rings. The highest BCUT2D eigenvalue weighted by Crippen LogP contribution is 2.03. The second-order valence-electron chi connectivity index (χ2n) is 3.86. The molecule has 0 spiro atoms. The average molecular weight is 242 g/mol. The minimum atomic E-state index is -0.615. The third kappa shape index (κ3) is 3.36. The Labute approximate surface area is 105 Å². The van der Waals surface area contributed by atoms with Gasteiger partial charge in [0.15, 0.2) is 0 Å². The second-order valence-corrected chi connectivity index (χ2v) is 3.86. The Balaban J connectivity index is 1.93. The lowest BCUT2D eigenvalue weighted by Gasteiger charge is -2.11. The number of nitrogens with zero attached hydrogens (tertiary/aromatic N) is 2. The zero-order valence-corrected chi connectivity index (χ0v) is 9.78. The first-order chi connectivity index (χ1) is 8.75. The predicted molar refractivity (Wildman–Crippen MR) is 68.8 cm³/mol. The van der Waals surface area contributed by atoms with Gasteiger partial charge in [-0.15, -0.1) is 0 Å². The lowest BCUT2D eigenvalue weighted by molar-refractivity contribution is -0.117. The van der Waals surface area contributed by atoms with Gasteiger partial charge in [-0.2, -0.15) is 0 Å². The van der Waals surface area contributed by atoms with Crippen molar-refractivity contribution in [3.05, 3.63) is 54.4 Å². The van der Waals surface area contributed by atoms with Crippen molar-refractivity contribution >= 4 is 11.9 Å². The fourth-order valence-electron chi connectivity index (χ4n) is 1.53. The number of rotatable bonds is 4. The van der Waals surface area contributed by atoms with Crippen molar-refractivity contribution in [2.24, 2.45) is 5.73 Å². The lowest BCUT2D eigenvalue weighted by Crippen LogP contribution is -2.37. The van der Waals surface area contributed by atoms with E-state index in [0.29, 0.717) is 6.42 Å². The summed E-state index contributed by atoms with van der Waals surface area (Å²) in [6.45, 7) is 0. The number of carbonyl (C=O) groups excluding carboxylic acids is 1. The van der Waals surface area contributed by atoms with Crippen LogP contribution in [0.5, 0.6) is 0 Å². The van der Waals surface area contributed by atoms with Crippen molar-refractivity contribution in [1.82, 2.24) is 9.97 Å². The van der Waals surface area contributed by atoms with Crippen molar-refractivity contribution in [1.29, 1.82) is 0 Å². The fraction of sp³-hybridized carbons (Fsp3) is 0.154. The predicted octanol–water partition coefficient (Wildman–Crippen LogP) is 0.985. The third-order valence-electron chi connectivity index (χ3n) is 2.44. The summed E-state index contributed by atoms with van der Waals surface area (Å²) in [6, 6.07) is 10.7. The van der Waals surface area contributed by atoms with Crippen LogP contribution in [0.15, 0.2) is 48.8 Å². The highest BCUT2D eigenvalue weighted by atomic mass is 16.2. The number of benzene rings is 1. The van der Waals surface area contributed by atoms with Crippen LogP contribution in [0.3, 0.4) is 0 Å². The Morgan fingerprint density at radius 1 is 1.17 bits per heavy atom. The van der Waals surface area contributed by atoms with Crippen LogP contribution in [0.4, 0.5) is 5.95 Å². The summed E-state index contributed by atoms with van der Waals surface area (Å²) in [5, 5.41) is 2.58. The molecule has 5 nitrogen and oxygen atoms in total. The molecule has 1 atom stereocenters. The number of hydrogen-bond acceptors (Lipinski definition) is 4. The van der Waals surface area contributed by atoms with Crippen molar-refractivity contribution in [3.63, 3.8) is 0 Å². The first kappa shape index (κ1) is 12.2. The van der Waals surface area contributed by atoms with Crippen LogP contribution in [0.2, 0.25) is 0 Å². The normalized spacial score (nSPS) is 11.8. The van der Waals surface area contributed by atoms with E-state index in [1.54, 1.807) is 18.5 Å². The van der Waals surface area contributed by atoms with Crippen LogP contribution in [0.1, 0.15) is 5.56 Å². The summed E-state index contributed by atoms with van der Waals surface area (Å²) in [7, 11) is 0. The minimum absolute atomic E-state index is 0.269. The van der Waals surface area contributed by atoms with Crippen molar-refractivity contribution in [2.45, 2.75) is 12.5 Å². The second kappa shape index (κ2) is 5.88. The quantitative estimate of drug-likeness (QED) is 0.837. The maximum atomic E-state index is 11.8. The molecule has 2 rings (SSSR count). The standard InChI is InChI=1S/C13H14N4O/c14-11(9-10-5-2-1-3-6-10)12(18)17-13-15-7-4-8-16-13/h1-8,11H,9,14H2,(H,15,16,17,18)/t11-/m0/s1. The molecule has 1 aromatic carbocycles. The van der Waals surface area contributed by atoms with Gasteiger partial charge in [0.25, 0.3) is 0 Å². The van der Waals surface area contributed by atoms with Crippen LogP contribution < -0.4 is 11.1 Å². The Bertz CT molecular complexity index is 501. The van der Waals surface area contributed by atoms with Gasteiger partial charge in [-0.05, 0) is 18.1 Å². The summed E-state index contributed by atoms with van der Waals surface area (Å²) >= 11 is 0. The van der Waals surface area contributed by atoms with Crippen molar-refractivity contribution < 1.29 is 4.79 Å². The van der Waals surface area contributed by atoms with E-state index < -0.39 is 6.04 Å². The van der Waals surface area contributed by atoms with Gasteiger partial charge in [0, 0.05) is 12.4 Å². The Morgan fingerprint density at radius 3 is 2.50 bits per heavy atom. The average Bonchev–Trinajstić information content (AvgIpc) is 2.41. The topological polar surface area (TPSA) is 80.9 Å². The number of hydrogen-bond donors (Lipinski definition) is 2. The molecule has 1 aromatic heterocycles. The molecule has 0 saturated carbocycles. The van der Waals surface area contributed by atoms with Gasteiger partial charge in [-0.25, -0.2) is 9.97 Å². The molecule has 0 bridgehead atoms. The molecule has 2 aromatic rings. The monoisotopic (exact) mass is 242 g/mol. The number of anilines is 1. The van der Waals surface area contributed by atoms with Crippen LogP contribution >= 0.6 is 0 Å². The van der Waals surface area contributed by atoms with E-state index >= 15 is 0 Å². The number of nitrogens with one attached hydrogen (secondary N) is 1. The molecule has 92 valence electrons. The molecular formula is C13H14N4O. The Kier molecular flexibility index (Phi) is 3.98. The smallest absolute Gasteiger partial charge is 0.243 e. The Morgan fingerprint density at radius 2 is 1.83 bits per heavy atom. The van der Waals surface area contributed by atoms with Crippen LogP contribution in [0.25, 0.3) is 0 Å². The number of nitrogens with two attached hydrogens (primary N) is 1. The molecule has 18 heavy (non-hydrogen) atoms. The van der Waals surface area contributed by atoms with E-state index in [4.69, 9.17) is 5.73 Å². The van der Waals surface area contributed by atoms with E-state index in [2.05, 4.69) is 15.3 Å². The molecule has 3 N–H and O–H groups in total. The van der Waals surface area contributed by atoms with E-state index in [-0.39, 0.29) is 11.9 Å². The van der Waals surface area contributed by atoms with Gasteiger partial charge in [-0.1, -0.05) is 30.3 Å². The Hall–Kier alpha value is -2.27. The molecular weight excluding hydrogens is 228 g/mol. The molecule has 0 aliphatic heterocycles. The van der Waals surface area contributed by atoms with Gasteiger partial charge >= 0.3 is 0 Å². The molecule has 0 radical (unpaired) electrons. The van der Waals surface area contributed by atoms with E-state index in [1.165, 1.54) is 0 Å². The van der Waals surface area contributed by atoms with E-state index in [0.717, 1.165) is 5.56 Å². The maximum Gasteiger partial charge on any atom is 0.243 e. The van der Waals surface area contributed by atoms with Gasteiger partial charge in [0.1, 0.15) is 0 Å². The molecule has 5 heteroatoms. The summed E-state index contributed by atoms with van der Waals surface area (Å²) in [5.74, 6) is -0.0175. The number of aromatic nitrogens is 2. The van der Waals surface area contributed by atoms with Gasteiger partial charge in [-0.3, -0.25) is 10.1 Å². The zero-order chi connectivity index (χ0) is 12.8. The maximum absolute atomic E-state index is 11.8. The van der Waals surface area contributed by atoms with Crippen LogP contribution in [-0.4, -0.2) is 21.9 Å². The van der Waals surface area contributed by atoms with Gasteiger partial charge in [0.2, 0.25) is 11.9 Å². The largest absolute Gasteiger partial charge is 0.320 e. The summed E-state index contributed by atoms with van der Waals surface area (Å²) in [5.41, 5.74) is 6.85. The molecule has 0 aliphatic carbocycles. The molecule has 1 amide bonds. The molecule has 0 saturated heterocycles. The highest BCUT2D eigenvalue weighted by molar-refractivity contribution is 5.93. The lowest BCUT2D eigenvalue weighted by atomic mass is 10.1. The third-order valence-corrected chi connectivity index (χ3v) is 2.44. The minimum Gasteiger partial charge on any atom is -0.320 e. The van der Waals surface area contributed by atoms with Crippen molar-refractivity contribution in [3.8, 4) is 0 Å².